The van der Waals surface area contributed by atoms with Gasteiger partial charge in [-0.05, 0) is 49.7 Å². The standard InChI is InChI=1S/C27H22ClN5O5S/c1-13-6-20-24(36-11-17(38-20)12-37-27(34)31-16-5-4-14(2)29-9-16)25-22(13)33-26(39-25)18-7-15(28)8-19-23(18)30-10-21(32-19)35-3/h4-10,17H,11-12H2,1-3H3,(H,31,34). The minimum atomic E-state index is -0.594. The van der Waals surface area contributed by atoms with E-state index in [9.17, 15) is 4.79 Å². The van der Waals surface area contributed by atoms with Crippen molar-refractivity contribution in [2.75, 3.05) is 25.6 Å². The third kappa shape index (κ3) is 4.98. The van der Waals surface area contributed by atoms with Crippen LogP contribution in [0.25, 0.3) is 31.8 Å². The number of aryl methyl sites for hydroxylation is 2. The van der Waals surface area contributed by atoms with Gasteiger partial charge in [0, 0.05) is 16.3 Å². The van der Waals surface area contributed by atoms with Crippen LogP contribution in [0.2, 0.25) is 5.02 Å². The Bertz CT molecular complexity index is 1730. The van der Waals surface area contributed by atoms with Crippen molar-refractivity contribution in [2.24, 2.45) is 0 Å². The van der Waals surface area contributed by atoms with Crippen molar-refractivity contribution in [3.05, 3.63) is 59.0 Å². The van der Waals surface area contributed by atoms with Crippen molar-refractivity contribution in [2.45, 2.75) is 20.0 Å². The molecule has 2 aromatic carbocycles. The first-order chi connectivity index (χ1) is 18.9. The zero-order valence-electron chi connectivity index (χ0n) is 21.1. The number of carbonyl (C=O) groups excluding carboxylic acids is 1. The number of fused-ring (bicyclic) bond motifs is 4. The van der Waals surface area contributed by atoms with E-state index in [0.717, 1.165) is 32.0 Å². The summed E-state index contributed by atoms with van der Waals surface area (Å²) in [7, 11) is 1.54. The molecular weight excluding hydrogens is 542 g/mol. The fraction of sp³-hybridized carbons (Fsp3) is 0.222. The number of anilines is 1. The highest BCUT2D eigenvalue weighted by molar-refractivity contribution is 7.22. The number of hydrogen-bond acceptors (Lipinski definition) is 10. The largest absolute Gasteiger partial charge is 0.484 e. The molecule has 0 aliphatic carbocycles. The Morgan fingerprint density at radius 3 is 2.82 bits per heavy atom. The average Bonchev–Trinajstić information content (AvgIpc) is 3.38. The van der Waals surface area contributed by atoms with E-state index in [1.54, 1.807) is 30.6 Å². The minimum Gasteiger partial charge on any atom is -0.484 e. The Balaban J connectivity index is 1.24. The monoisotopic (exact) mass is 563 g/mol. The summed E-state index contributed by atoms with van der Waals surface area (Å²) in [5.41, 5.74) is 5.16. The van der Waals surface area contributed by atoms with E-state index in [1.165, 1.54) is 18.4 Å². The third-order valence-corrected chi connectivity index (χ3v) is 7.38. The molecule has 0 saturated heterocycles. The lowest BCUT2D eigenvalue weighted by atomic mass is 10.1. The normalized spacial score (nSPS) is 14.4. The van der Waals surface area contributed by atoms with Crippen LogP contribution in [0.4, 0.5) is 10.5 Å². The van der Waals surface area contributed by atoms with Crippen molar-refractivity contribution in [1.29, 1.82) is 0 Å². The van der Waals surface area contributed by atoms with E-state index in [1.807, 2.05) is 26.0 Å². The highest BCUT2D eigenvalue weighted by atomic mass is 35.5. The van der Waals surface area contributed by atoms with Crippen molar-refractivity contribution in [3.63, 3.8) is 0 Å². The van der Waals surface area contributed by atoms with Gasteiger partial charge in [-0.3, -0.25) is 10.3 Å². The van der Waals surface area contributed by atoms with Crippen LogP contribution in [-0.4, -0.2) is 52.5 Å². The van der Waals surface area contributed by atoms with Gasteiger partial charge < -0.3 is 18.9 Å². The van der Waals surface area contributed by atoms with E-state index < -0.39 is 12.2 Å². The molecule has 0 bridgehead atoms. The van der Waals surface area contributed by atoms with Gasteiger partial charge in [-0.25, -0.2) is 19.7 Å². The summed E-state index contributed by atoms with van der Waals surface area (Å²) in [6, 6.07) is 9.01. The first-order valence-corrected chi connectivity index (χ1v) is 13.2. The zero-order chi connectivity index (χ0) is 27.1. The van der Waals surface area contributed by atoms with E-state index in [2.05, 4.69) is 20.3 Å². The predicted octanol–water partition coefficient (Wildman–Crippen LogP) is 5.97. The van der Waals surface area contributed by atoms with Crippen LogP contribution in [-0.2, 0) is 4.74 Å². The summed E-state index contributed by atoms with van der Waals surface area (Å²) in [5.74, 6) is 1.57. The van der Waals surface area contributed by atoms with Gasteiger partial charge in [-0.15, -0.1) is 11.3 Å². The molecule has 4 heterocycles. The first-order valence-electron chi connectivity index (χ1n) is 12.0. The predicted molar refractivity (Wildman–Crippen MR) is 148 cm³/mol. The molecule has 1 N–H and O–H groups in total. The third-order valence-electron chi connectivity index (χ3n) is 6.07. The molecule has 1 aliphatic rings. The molecule has 0 saturated carbocycles. The van der Waals surface area contributed by atoms with Crippen LogP contribution >= 0.6 is 22.9 Å². The molecule has 0 spiro atoms. The van der Waals surface area contributed by atoms with Crippen LogP contribution in [0.15, 0.2) is 42.7 Å². The molecule has 5 aromatic rings. The second-order valence-electron chi connectivity index (χ2n) is 8.91. The molecule has 6 rings (SSSR count). The highest BCUT2D eigenvalue weighted by Crippen LogP contribution is 2.46. The Morgan fingerprint density at radius 1 is 1.15 bits per heavy atom. The number of ether oxygens (including phenoxy) is 4. The number of pyridine rings is 1. The van der Waals surface area contributed by atoms with Gasteiger partial charge in [0.1, 0.15) is 22.9 Å². The molecule has 0 radical (unpaired) electrons. The first kappa shape index (κ1) is 25.1. The van der Waals surface area contributed by atoms with Crippen molar-refractivity contribution in [1.82, 2.24) is 19.9 Å². The van der Waals surface area contributed by atoms with Crippen molar-refractivity contribution in [3.8, 4) is 28.0 Å². The number of benzene rings is 2. The summed E-state index contributed by atoms with van der Waals surface area (Å²) < 4.78 is 23.7. The number of nitrogens with zero attached hydrogens (tertiary/aromatic N) is 4. The molecule has 1 amide bonds. The van der Waals surface area contributed by atoms with E-state index in [0.29, 0.717) is 39.1 Å². The van der Waals surface area contributed by atoms with Crippen molar-refractivity contribution >= 4 is 56.0 Å². The molecule has 198 valence electrons. The van der Waals surface area contributed by atoms with Crippen LogP contribution in [0.1, 0.15) is 11.3 Å². The second-order valence-corrected chi connectivity index (χ2v) is 10.3. The smallest absolute Gasteiger partial charge is 0.411 e. The Labute approximate surface area is 231 Å². The fourth-order valence-corrected chi connectivity index (χ4v) is 5.56. The maximum absolute atomic E-state index is 12.2. The minimum absolute atomic E-state index is 0.0201. The number of nitrogens with one attached hydrogen (secondary N) is 1. The van der Waals surface area contributed by atoms with Gasteiger partial charge in [0.2, 0.25) is 5.88 Å². The molecule has 3 aromatic heterocycles. The number of carbonyl (C=O) groups is 1. The van der Waals surface area contributed by atoms with Gasteiger partial charge in [0.05, 0.1) is 41.7 Å². The SMILES string of the molecule is COc1cnc2c(-c3nc4c(C)cc5c(c4s3)OCC(COC(=O)Nc3ccc(C)nc3)O5)cc(Cl)cc2n1. The van der Waals surface area contributed by atoms with Crippen LogP contribution in [0.3, 0.4) is 0 Å². The number of methoxy groups -OCH3 is 1. The Kier molecular flexibility index (Phi) is 6.53. The summed E-state index contributed by atoms with van der Waals surface area (Å²) in [4.78, 5) is 30.3. The summed E-state index contributed by atoms with van der Waals surface area (Å²) >= 11 is 7.87. The lowest BCUT2D eigenvalue weighted by Crippen LogP contribution is -2.35. The van der Waals surface area contributed by atoms with Gasteiger partial charge in [0.25, 0.3) is 0 Å². The number of rotatable bonds is 5. The van der Waals surface area contributed by atoms with E-state index in [4.69, 9.17) is 35.5 Å². The zero-order valence-corrected chi connectivity index (χ0v) is 22.7. The quantitative estimate of drug-likeness (QED) is 0.276. The Morgan fingerprint density at radius 2 is 2.03 bits per heavy atom. The number of hydrogen-bond donors (Lipinski definition) is 1. The molecule has 1 atom stereocenters. The van der Waals surface area contributed by atoms with Crippen LogP contribution < -0.4 is 19.5 Å². The van der Waals surface area contributed by atoms with Crippen molar-refractivity contribution < 1.29 is 23.7 Å². The highest BCUT2D eigenvalue weighted by Gasteiger charge is 2.27. The maximum atomic E-state index is 12.2. The summed E-state index contributed by atoms with van der Waals surface area (Å²) in [6.45, 7) is 4.06. The molecule has 1 aliphatic heterocycles. The maximum Gasteiger partial charge on any atom is 0.411 e. The Hall–Kier alpha value is -4.22. The fourth-order valence-electron chi connectivity index (χ4n) is 4.19. The van der Waals surface area contributed by atoms with E-state index in [-0.39, 0.29) is 13.2 Å². The van der Waals surface area contributed by atoms with Gasteiger partial charge in [-0.2, -0.15) is 0 Å². The van der Waals surface area contributed by atoms with E-state index >= 15 is 0 Å². The molecule has 0 fully saturated rings. The molecule has 39 heavy (non-hydrogen) atoms. The number of thiazole rings is 1. The molecule has 1 unspecified atom stereocenters. The van der Waals surface area contributed by atoms with Crippen LogP contribution in [0, 0.1) is 13.8 Å². The summed E-state index contributed by atoms with van der Waals surface area (Å²) in [6.07, 6.45) is 2.08. The topological polar surface area (TPSA) is 118 Å². The van der Waals surface area contributed by atoms with Gasteiger partial charge in [0.15, 0.2) is 17.6 Å². The lowest BCUT2D eigenvalue weighted by molar-refractivity contribution is 0.0383. The van der Waals surface area contributed by atoms with Gasteiger partial charge >= 0.3 is 6.09 Å². The number of amides is 1. The molecule has 12 heteroatoms. The second kappa shape index (κ2) is 10.2. The lowest BCUT2D eigenvalue weighted by Gasteiger charge is -2.26. The number of halogens is 1. The van der Waals surface area contributed by atoms with Crippen LogP contribution in [0.5, 0.6) is 17.4 Å². The molecule has 10 nitrogen and oxygen atoms in total. The number of aromatic nitrogens is 4. The van der Waals surface area contributed by atoms with Gasteiger partial charge in [-0.1, -0.05) is 11.6 Å². The summed E-state index contributed by atoms with van der Waals surface area (Å²) in [5, 5.41) is 3.89. The molecular formula is C27H22ClN5O5S. The average molecular weight is 564 g/mol.